The van der Waals surface area contributed by atoms with Gasteiger partial charge in [0.05, 0.1) is 6.54 Å². The number of amides is 1. The van der Waals surface area contributed by atoms with Crippen LogP contribution in [0.4, 0.5) is 0 Å². The summed E-state index contributed by atoms with van der Waals surface area (Å²) in [6.45, 7) is 3.74. The fourth-order valence-corrected chi connectivity index (χ4v) is 4.43. The van der Waals surface area contributed by atoms with Crippen LogP contribution < -0.4 is 5.32 Å². The molecule has 0 radical (unpaired) electrons. The third-order valence-corrected chi connectivity index (χ3v) is 5.60. The Balaban J connectivity index is 1.56. The van der Waals surface area contributed by atoms with Crippen LogP contribution >= 0.6 is 0 Å². The first-order valence-electron chi connectivity index (χ1n) is 8.47. The highest BCUT2D eigenvalue weighted by atomic mass is 16.2. The van der Waals surface area contributed by atoms with Gasteiger partial charge < -0.3 is 10.2 Å². The molecule has 0 aromatic heterocycles. The number of nitrogens with one attached hydrogen (secondary N) is 1. The van der Waals surface area contributed by atoms with E-state index >= 15 is 0 Å². The van der Waals surface area contributed by atoms with Gasteiger partial charge in [-0.3, -0.25) is 9.69 Å². The highest BCUT2D eigenvalue weighted by Crippen LogP contribution is 2.35. The van der Waals surface area contributed by atoms with Gasteiger partial charge in [0, 0.05) is 31.7 Å². The van der Waals surface area contributed by atoms with Crippen LogP contribution in [-0.2, 0) is 4.79 Å². The Kier molecular flexibility index (Phi) is 4.61. The van der Waals surface area contributed by atoms with Gasteiger partial charge in [0.15, 0.2) is 0 Å². The van der Waals surface area contributed by atoms with Crippen LogP contribution in [-0.4, -0.2) is 61.0 Å². The number of carbonyl (C=O) groups excluding carboxylic acids is 1. The lowest BCUT2D eigenvalue weighted by Crippen LogP contribution is -2.52. The number of fused-ring (bicyclic) bond motifs is 1. The van der Waals surface area contributed by atoms with Crippen LogP contribution in [0.5, 0.6) is 0 Å². The summed E-state index contributed by atoms with van der Waals surface area (Å²) in [7, 11) is 2.02. The fraction of sp³-hybridized carbons (Fsp3) is 0.938. The van der Waals surface area contributed by atoms with E-state index in [1.807, 2.05) is 7.05 Å². The van der Waals surface area contributed by atoms with E-state index in [9.17, 15) is 4.79 Å². The predicted molar refractivity (Wildman–Crippen MR) is 80.6 cm³/mol. The molecule has 3 fully saturated rings. The van der Waals surface area contributed by atoms with Gasteiger partial charge in [-0.25, -0.2) is 0 Å². The first-order valence-corrected chi connectivity index (χ1v) is 8.47. The fourth-order valence-electron chi connectivity index (χ4n) is 4.43. The Labute approximate surface area is 122 Å². The number of nitrogens with zero attached hydrogens (tertiary/aromatic N) is 2. The standard InChI is InChI=1S/C16H29N3O/c1-17-14-8-10-18(11-14)12-16(20)19-9-4-6-13-5-2-3-7-15(13)19/h13-15,17H,2-12H2,1H3. The lowest BCUT2D eigenvalue weighted by atomic mass is 9.78. The summed E-state index contributed by atoms with van der Waals surface area (Å²) in [6.07, 6.45) is 9.02. The Morgan fingerprint density at radius 1 is 1.10 bits per heavy atom. The molecular weight excluding hydrogens is 250 g/mol. The zero-order valence-electron chi connectivity index (χ0n) is 12.8. The van der Waals surface area contributed by atoms with Crippen LogP contribution in [0.1, 0.15) is 44.9 Å². The van der Waals surface area contributed by atoms with Crippen LogP contribution in [0, 0.1) is 5.92 Å². The normalized spacial score (nSPS) is 35.0. The van der Waals surface area contributed by atoms with E-state index in [2.05, 4.69) is 15.1 Å². The largest absolute Gasteiger partial charge is 0.338 e. The van der Waals surface area contributed by atoms with E-state index in [1.165, 1.54) is 44.9 Å². The monoisotopic (exact) mass is 279 g/mol. The van der Waals surface area contributed by atoms with E-state index in [-0.39, 0.29) is 0 Å². The van der Waals surface area contributed by atoms with Crippen molar-refractivity contribution in [3.63, 3.8) is 0 Å². The molecule has 4 nitrogen and oxygen atoms in total. The second kappa shape index (κ2) is 6.44. The van der Waals surface area contributed by atoms with Crippen molar-refractivity contribution >= 4 is 5.91 Å². The highest BCUT2D eigenvalue weighted by molar-refractivity contribution is 5.78. The molecular formula is C16H29N3O. The van der Waals surface area contributed by atoms with Crippen LogP contribution in [0.3, 0.4) is 0 Å². The molecule has 1 saturated carbocycles. The van der Waals surface area contributed by atoms with Gasteiger partial charge in [-0.1, -0.05) is 12.8 Å². The van der Waals surface area contributed by atoms with Gasteiger partial charge in [-0.2, -0.15) is 0 Å². The molecule has 0 bridgehead atoms. The molecule has 3 aliphatic rings. The van der Waals surface area contributed by atoms with E-state index in [1.54, 1.807) is 0 Å². The second-order valence-electron chi connectivity index (χ2n) is 6.85. The minimum Gasteiger partial charge on any atom is -0.338 e. The third-order valence-electron chi connectivity index (χ3n) is 5.60. The quantitative estimate of drug-likeness (QED) is 0.849. The van der Waals surface area contributed by atoms with Gasteiger partial charge >= 0.3 is 0 Å². The maximum absolute atomic E-state index is 12.7. The van der Waals surface area contributed by atoms with Crippen molar-refractivity contribution < 1.29 is 4.79 Å². The van der Waals surface area contributed by atoms with E-state index < -0.39 is 0 Å². The van der Waals surface area contributed by atoms with Crippen molar-refractivity contribution in [3.05, 3.63) is 0 Å². The minimum atomic E-state index is 0.387. The lowest BCUT2D eigenvalue weighted by molar-refractivity contribution is -0.138. The number of likely N-dealkylation sites (tertiary alicyclic amines) is 2. The van der Waals surface area contributed by atoms with Crippen molar-refractivity contribution in [1.82, 2.24) is 15.1 Å². The summed E-state index contributed by atoms with van der Waals surface area (Å²) in [5.74, 6) is 1.18. The average molecular weight is 279 g/mol. The van der Waals surface area contributed by atoms with Crippen molar-refractivity contribution in [3.8, 4) is 0 Å². The van der Waals surface area contributed by atoms with Crippen molar-refractivity contribution in [1.29, 1.82) is 0 Å². The van der Waals surface area contributed by atoms with Gasteiger partial charge in [-0.15, -0.1) is 0 Å². The molecule has 4 heteroatoms. The van der Waals surface area contributed by atoms with E-state index in [0.29, 0.717) is 24.5 Å². The number of likely N-dealkylation sites (N-methyl/N-ethyl adjacent to an activating group) is 1. The van der Waals surface area contributed by atoms with Gasteiger partial charge in [-0.05, 0) is 45.1 Å². The smallest absolute Gasteiger partial charge is 0.237 e. The Morgan fingerprint density at radius 3 is 2.70 bits per heavy atom. The molecule has 1 amide bonds. The molecule has 0 aromatic carbocycles. The topological polar surface area (TPSA) is 35.6 Å². The van der Waals surface area contributed by atoms with Crippen LogP contribution in [0.2, 0.25) is 0 Å². The maximum Gasteiger partial charge on any atom is 0.237 e. The third kappa shape index (κ3) is 3.01. The van der Waals surface area contributed by atoms with E-state index in [0.717, 1.165) is 25.6 Å². The Bertz CT molecular complexity index is 345. The number of hydrogen-bond donors (Lipinski definition) is 1. The van der Waals surface area contributed by atoms with Crippen molar-refractivity contribution in [2.75, 3.05) is 33.2 Å². The summed E-state index contributed by atoms with van der Waals surface area (Å²) in [5, 5.41) is 3.33. The molecule has 0 aromatic rings. The van der Waals surface area contributed by atoms with Gasteiger partial charge in [0.25, 0.3) is 0 Å². The molecule has 3 unspecified atom stereocenters. The van der Waals surface area contributed by atoms with Crippen LogP contribution in [0.15, 0.2) is 0 Å². The van der Waals surface area contributed by atoms with Gasteiger partial charge in [0.1, 0.15) is 0 Å². The molecule has 1 N–H and O–H groups in total. The van der Waals surface area contributed by atoms with E-state index in [4.69, 9.17) is 0 Å². The lowest BCUT2D eigenvalue weighted by Gasteiger charge is -2.44. The van der Waals surface area contributed by atoms with Crippen molar-refractivity contribution in [2.24, 2.45) is 5.92 Å². The van der Waals surface area contributed by atoms with Crippen molar-refractivity contribution in [2.45, 2.75) is 57.0 Å². The Morgan fingerprint density at radius 2 is 1.90 bits per heavy atom. The Hall–Kier alpha value is -0.610. The molecule has 1 aliphatic carbocycles. The maximum atomic E-state index is 12.7. The molecule has 3 rings (SSSR count). The van der Waals surface area contributed by atoms with Crippen LogP contribution in [0.25, 0.3) is 0 Å². The molecule has 2 saturated heterocycles. The minimum absolute atomic E-state index is 0.387. The summed E-state index contributed by atoms with van der Waals surface area (Å²) in [4.78, 5) is 17.2. The first-order chi connectivity index (χ1) is 9.78. The number of carbonyl (C=O) groups is 1. The molecule has 2 aliphatic heterocycles. The number of piperidine rings is 1. The summed E-state index contributed by atoms with van der Waals surface area (Å²) in [5.41, 5.74) is 0. The molecule has 114 valence electrons. The zero-order valence-corrected chi connectivity index (χ0v) is 12.8. The summed E-state index contributed by atoms with van der Waals surface area (Å²) < 4.78 is 0. The summed E-state index contributed by atoms with van der Waals surface area (Å²) in [6, 6.07) is 1.14. The molecule has 3 atom stereocenters. The molecule has 20 heavy (non-hydrogen) atoms. The zero-order chi connectivity index (χ0) is 13.9. The molecule has 2 heterocycles. The first kappa shape index (κ1) is 14.3. The summed E-state index contributed by atoms with van der Waals surface area (Å²) >= 11 is 0. The SMILES string of the molecule is CNC1CCN(CC(=O)N2CCCC3CCCCC32)C1. The number of hydrogen-bond acceptors (Lipinski definition) is 3. The van der Waals surface area contributed by atoms with Gasteiger partial charge in [0.2, 0.25) is 5.91 Å². The second-order valence-corrected chi connectivity index (χ2v) is 6.85. The highest BCUT2D eigenvalue weighted by Gasteiger charge is 2.36. The average Bonchev–Trinajstić information content (AvgIpc) is 2.94. The number of rotatable bonds is 3. The predicted octanol–water partition coefficient (Wildman–Crippen LogP) is 1.46. The molecule has 0 spiro atoms.